The summed E-state index contributed by atoms with van der Waals surface area (Å²) in [5.74, 6) is 0.206. The van der Waals surface area contributed by atoms with Crippen LogP contribution < -0.4 is 0 Å². The number of hydrogen-bond acceptors (Lipinski definition) is 9. The minimum atomic E-state index is -1.31. The van der Waals surface area contributed by atoms with Crippen LogP contribution >= 0.6 is 0 Å². The maximum Gasteiger partial charge on any atom is 0.331 e. The van der Waals surface area contributed by atoms with E-state index in [1.54, 1.807) is 13.0 Å². The zero-order valence-corrected chi connectivity index (χ0v) is 22.7. The summed E-state index contributed by atoms with van der Waals surface area (Å²) >= 11 is 0. The van der Waals surface area contributed by atoms with Crippen LogP contribution in [-0.4, -0.2) is 86.6 Å². The Morgan fingerprint density at radius 1 is 0.947 bits per heavy atom. The van der Waals surface area contributed by atoms with Crippen molar-refractivity contribution in [3.8, 4) is 0 Å². The van der Waals surface area contributed by atoms with Gasteiger partial charge in [0.2, 0.25) is 0 Å². The molecule has 0 aromatic heterocycles. The third-order valence-electron chi connectivity index (χ3n) is 12.2. The molecule has 14 atom stereocenters. The first kappa shape index (κ1) is 27.1. The van der Waals surface area contributed by atoms with E-state index in [1.807, 2.05) is 6.92 Å². The summed E-state index contributed by atoms with van der Waals surface area (Å²) in [6.07, 6.45) is 1.60. The zero-order valence-electron chi connectivity index (χ0n) is 22.7. The van der Waals surface area contributed by atoms with Crippen molar-refractivity contribution in [2.45, 2.75) is 121 Å². The minimum absolute atomic E-state index is 0.0559. The Morgan fingerprint density at radius 2 is 1.71 bits per heavy atom. The van der Waals surface area contributed by atoms with E-state index in [-0.39, 0.29) is 41.8 Å². The standard InChI is InChI=1S/C29H44O9/c1-14-23(32)24(33)25(34)26(37-14)38-17-6-8-27(2)16(11-17)4-5-19-20(27)12-21(30)28(3)18(7-9-29(19,28)35)15-10-22(31)36-13-15/h10,14,16-21,23-26,30,32-35H,4-9,11-13H2,1-3H3/t14-,16+,17?,18+,19?,20?,21+,23-,24+,25+,26-,27-,28-,29-/m0/s1. The van der Waals surface area contributed by atoms with Crippen molar-refractivity contribution in [2.75, 3.05) is 6.61 Å². The van der Waals surface area contributed by atoms with Crippen molar-refractivity contribution in [1.82, 2.24) is 0 Å². The van der Waals surface area contributed by atoms with E-state index in [4.69, 9.17) is 14.2 Å². The van der Waals surface area contributed by atoms with Gasteiger partial charge in [-0.25, -0.2) is 4.79 Å². The van der Waals surface area contributed by atoms with Gasteiger partial charge in [-0.15, -0.1) is 0 Å². The summed E-state index contributed by atoms with van der Waals surface area (Å²) in [6, 6.07) is 0. The predicted molar refractivity (Wildman–Crippen MR) is 134 cm³/mol. The van der Waals surface area contributed by atoms with Gasteiger partial charge in [-0.2, -0.15) is 0 Å². The van der Waals surface area contributed by atoms with Crippen molar-refractivity contribution >= 4 is 5.97 Å². The summed E-state index contributed by atoms with van der Waals surface area (Å²) in [5, 5.41) is 54.7. The highest BCUT2D eigenvalue weighted by molar-refractivity contribution is 5.85. The van der Waals surface area contributed by atoms with Crippen LogP contribution in [0.5, 0.6) is 0 Å². The van der Waals surface area contributed by atoms with Crippen molar-refractivity contribution in [2.24, 2.45) is 34.5 Å². The van der Waals surface area contributed by atoms with E-state index in [1.165, 1.54) is 0 Å². The molecule has 0 aromatic rings. The third-order valence-corrected chi connectivity index (χ3v) is 12.2. The molecule has 0 bridgehead atoms. The van der Waals surface area contributed by atoms with Gasteiger partial charge >= 0.3 is 5.97 Å². The lowest BCUT2D eigenvalue weighted by molar-refractivity contribution is -0.311. The normalized spacial score (nSPS) is 56.5. The van der Waals surface area contributed by atoms with E-state index >= 15 is 0 Å². The van der Waals surface area contributed by atoms with Gasteiger partial charge in [-0.05, 0) is 93.0 Å². The molecule has 9 nitrogen and oxygen atoms in total. The smallest absolute Gasteiger partial charge is 0.331 e. The largest absolute Gasteiger partial charge is 0.458 e. The monoisotopic (exact) mass is 536 g/mol. The molecule has 0 aromatic carbocycles. The van der Waals surface area contributed by atoms with Crippen molar-refractivity contribution in [1.29, 1.82) is 0 Å². The summed E-state index contributed by atoms with van der Waals surface area (Å²) in [4.78, 5) is 11.8. The Bertz CT molecular complexity index is 985. The SMILES string of the molecule is C[C@@H]1O[C@@H](OC2CC[C@]3(C)C4C[C@@H](O)[C@]5(C)[C@@H](C6=CC(=O)OC6)CC[C@]5(O)C4CC[C@@H]3C2)[C@H](O)[C@H](O)[C@H]1O. The van der Waals surface area contributed by atoms with E-state index in [2.05, 4.69) is 6.92 Å². The van der Waals surface area contributed by atoms with Crippen LogP contribution in [0.3, 0.4) is 0 Å². The van der Waals surface area contributed by atoms with E-state index in [0.717, 1.165) is 44.1 Å². The molecule has 0 spiro atoms. The van der Waals surface area contributed by atoms with Gasteiger partial charge in [0.25, 0.3) is 0 Å². The van der Waals surface area contributed by atoms with Crippen LogP contribution in [0.2, 0.25) is 0 Å². The molecular formula is C29H44O9. The lowest BCUT2D eigenvalue weighted by atomic mass is 9.42. The lowest BCUT2D eigenvalue weighted by Crippen LogP contribution is -2.67. The first-order chi connectivity index (χ1) is 17.9. The molecule has 5 N–H and O–H groups in total. The Kier molecular flexibility index (Phi) is 6.58. The maximum absolute atomic E-state index is 12.4. The number of aliphatic hydroxyl groups excluding tert-OH is 4. The summed E-state index contributed by atoms with van der Waals surface area (Å²) < 4.78 is 17.1. The van der Waals surface area contributed by atoms with Crippen LogP contribution in [-0.2, 0) is 19.0 Å². The van der Waals surface area contributed by atoms with Gasteiger partial charge < -0.3 is 39.7 Å². The molecule has 3 unspecified atom stereocenters. The molecule has 2 heterocycles. The topological polar surface area (TPSA) is 146 Å². The van der Waals surface area contributed by atoms with Crippen LogP contribution in [0.4, 0.5) is 0 Å². The fraction of sp³-hybridized carbons (Fsp3) is 0.897. The number of cyclic esters (lactones) is 1. The summed E-state index contributed by atoms with van der Waals surface area (Å²) in [5.41, 5.74) is -0.864. The fourth-order valence-electron chi connectivity index (χ4n) is 9.79. The molecule has 6 rings (SSSR count). The van der Waals surface area contributed by atoms with Gasteiger partial charge in [0, 0.05) is 11.5 Å². The highest BCUT2D eigenvalue weighted by Crippen LogP contribution is 2.70. The molecule has 2 aliphatic heterocycles. The molecule has 4 aliphatic carbocycles. The van der Waals surface area contributed by atoms with Crippen LogP contribution in [0.1, 0.15) is 72.1 Å². The number of hydrogen-bond donors (Lipinski definition) is 5. The van der Waals surface area contributed by atoms with E-state index in [9.17, 15) is 30.3 Å². The molecule has 9 heteroatoms. The number of fused-ring (bicyclic) bond motifs is 5. The quantitative estimate of drug-likeness (QED) is 0.267. The molecular weight excluding hydrogens is 492 g/mol. The second-order valence-corrected chi connectivity index (χ2v) is 13.6. The fourth-order valence-corrected chi connectivity index (χ4v) is 9.79. The molecule has 0 amide bonds. The highest BCUT2D eigenvalue weighted by atomic mass is 16.7. The maximum atomic E-state index is 12.4. The number of rotatable bonds is 3. The highest BCUT2D eigenvalue weighted by Gasteiger charge is 2.70. The number of ether oxygens (including phenoxy) is 3. The molecule has 1 saturated heterocycles. The van der Waals surface area contributed by atoms with Gasteiger partial charge in [0.15, 0.2) is 6.29 Å². The minimum Gasteiger partial charge on any atom is -0.458 e. The zero-order chi connectivity index (χ0) is 27.2. The van der Waals surface area contributed by atoms with Crippen molar-refractivity contribution < 1.29 is 44.5 Å². The summed E-state index contributed by atoms with van der Waals surface area (Å²) in [7, 11) is 0. The van der Waals surface area contributed by atoms with Gasteiger partial charge in [0.05, 0.1) is 23.9 Å². The number of carbonyl (C=O) groups excluding carboxylic acids is 1. The Morgan fingerprint density at radius 3 is 2.42 bits per heavy atom. The second-order valence-electron chi connectivity index (χ2n) is 13.6. The lowest BCUT2D eigenvalue weighted by Gasteiger charge is -2.65. The molecule has 38 heavy (non-hydrogen) atoms. The third kappa shape index (κ3) is 3.72. The van der Waals surface area contributed by atoms with Crippen molar-refractivity contribution in [3.05, 3.63) is 11.6 Å². The second kappa shape index (κ2) is 9.23. The average molecular weight is 537 g/mol. The van der Waals surface area contributed by atoms with E-state index < -0.39 is 47.8 Å². The molecule has 5 fully saturated rings. The van der Waals surface area contributed by atoms with Gasteiger partial charge in [0.1, 0.15) is 24.9 Å². The Hall–Kier alpha value is -1.07. The van der Waals surface area contributed by atoms with Crippen LogP contribution in [0, 0.1) is 34.5 Å². The number of carbonyl (C=O) groups is 1. The first-order valence-corrected chi connectivity index (χ1v) is 14.5. The molecule has 6 aliphatic rings. The van der Waals surface area contributed by atoms with Crippen molar-refractivity contribution in [3.63, 3.8) is 0 Å². The Labute approximate surface area is 224 Å². The molecule has 4 saturated carbocycles. The first-order valence-electron chi connectivity index (χ1n) is 14.5. The van der Waals surface area contributed by atoms with E-state index in [0.29, 0.717) is 18.8 Å². The predicted octanol–water partition coefficient (Wildman–Crippen LogP) is 1.43. The van der Waals surface area contributed by atoms with Gasteiger partial charge in [-0.3, -0.25) is 0 Å². The number of aliphatic hydroxyl groups is 5. The Balaban J connectivity index is 1.19. The molecule has 0 radical (unpaired) electrons. The van der Waals surface area contributed by atoms with Gasteiger partial charge in [-0.1, -0.05) is 13.8 Å². The summed E-state index contributed by atoms with van der Waals surface area (Å²) in [6.45, 7) is 6.25. The van der Waals surface area contributed by atoms with Crippen LogP contribution in [0.15, 0.2) is 11.6 Å². The molecule has 214 valence electrons. The average Bonchev–Trinajstić information content (AvgIpc) is 3.43. The number of esters is 1. The van der Waals surface area contributed by atoms with Crippen LogP contribution in [0.25, 0.3) is 0 Å².